The van der Waals surface area contributed by atoms with E-state index in [4.69, 9.17) is 4.74 Å². The number of nitrogens with one attached hydrogen (secondary N) is 1. The Morgan fingerprint density at radius 1 is 1.50 bits per heavy atom. The average Bonchev–Trinajstić information content (AvgIpc) is 2.98. The lowest BCUT2D eigenvalue weighted by atomic mass is 10.1. The van der Waals surface area contributed by atoms with Crippen LogP contribution in [0, 0.1) is 5.82 Å². The van der Waals surface area contributed by atoms with Gasteiger partial charge in [-0.05, 0) is 12.1 Å². The molecule has 0 saturated carbocycles. The first kappa shape index (κ1) is 17.0. The normalized spacial score (nSPS) is 14.4. The Balaban J connectivity index is 1.63. The first-order valence-corrected chi connectivity index (χ1v) is 8.70. The van der Waals surface area contributed by atoms with Crippen LogP contribution < -0.4 is 5.32 Å². The van der Waals surface area contributed by atoms with Gasteiger partial charge in [0, 0.05) is 43.6 Å². The molecule has 1 N–H and O–H groups in total. The zero-order valence-electron chi connectivity index (χ0n) is 13.5. The zero-order valence-corrected chi connectivity index (χ0v) is 14.4. The first-order valence-electron chi connectivity index (χ1n) is 7.88. The number of nitrogens with zero attached hydrogens (tertiary/aromatic N) is 2. The highest BCUT2D eigenvalue weighted by molar-refractivity contribution is 7.15. The molecule has 24 heavy (non-hydrogen) atoms. The van der Waals surface area contributed by atoms with Crippen molar-refractivity contribution in [3.05, 3.63) is 40.7 Å². The van der Waals surface area contributed by atoms with Crippen LogP contribution >= 0.6 is 11.3 Å². The van der Waals surface area contributed by atoms with Crippen molar-refractivity contribution in [1.29, 1.82) is 0 Å². The maximum atomic E-state index is 13.4. The molecule has 0 bridgehead atoms. The van der Waals surface area contributed by atoms with Crippen LogP contribution in [0.3, 0.4) is 0 Å². The quantitative estimate of drug-likeness (QED) is 0.811. The van der Waals surface area contributed by atoms with E-state index < -0.39 is 0 Å². The first-order chi connectivity index (χ1) is 11.7. The highest BCUT2D eigenvalue weighted by atomic mass is 32.1. The fourth-order valence-corrected chi connectivity index (χ4v) is 3.83. The summed E-state index contributed by atoms with van der Waals surface area (Å²) in [6.07, 6.45) is 0.812. The Bertz CT molecular complexity index is 720. The summed E-state index contributed by atoms with van der Waals surface area (Å²) in [7, 11) is 1.61. The molecular weight excluding hydrogens is 329 g/mol. The Hall–Kier alpha value is -1.83. The Morgan fingerprint density at radius 3 is 3.17 bits per heavy atom. The molecule has 1 amide bonds. The number of amides is 1. The minimum atomic E-state index is -0.255. The van der Waals surface area contributed by atoms with Gasteiger partial charge in [0.1, 0.15) is 10.8 Å². The van der Waals surface area contributed by atoms with Crippen LogP contribution in [-0.2, 0) is 22.5 Å². The lowest BCUT2D eigenvalue weighted by molar-refractivity contribution is -0.122. The van der Waals surface area contributed by atoms with Crippen molar-refractivity contribution in [2.24, 2.45) is 0 Å². The SMILES string of the molecule is COCCNC(=O)CN1CCc2nc(-c3cccc(F)c3)sc2C1. The minimum Gasteiger partial charge on any atom is -0.383 e. The maximum Gasteiger partial charge on any atom is 0.234 e. The molecular formula is C17H20FN3O2S. The average molecular weight is 349 g/mol. The van der Waals surface area contributed by atoms with Crippen LogP contribution in [0.2, 0.25) is 0 Å². The smallest absolute Gasteiger partial charge is 0.234 e. The van der Waals surface area contributed by atoms with E-state index in [-0.39, 0.29) is 11.7 Å². The second-order valence-corrected chi connectivity index (χ2v) is 6.79. The Kier molecular flexibility index (Phi) is 5.55. The van der Waals surface area contributed by atoms with Crippen LogP contribution in [0.25, 0.3) is 10.6 Å². The van der Waals surface area contributed by atoms with Gasteiger partial charge in [-0.25, -0.2) is 9.37 Å². The predicted molar refractivity (Wildman–Crippen MR) is 91.4 cm³/mol. The number of rotatable bonds is 6. The molecule has 0 saturated heterocycles. The summed E-state index contributed by atoms with van der Waals surface area (Å²) in [5.41, 5.74) is 1.87. The number of fused-ring (bicyclic) bond motifs is 1. The molecule has 0 fully saturated rings. The van der Waals surface area contributed by atoms with Gasteiger partial charge in [0.25, 0.3) is 0 Å². The van der Waals surface area contributed by atoms with E-state index in [0.29, 0.717) is 26.2 Å². The van der Waals surface area contributed by atoms with Crippen molar-refractivity contribution in [2.75, 3.05) is 33.4 Å². The number of hydrogen-bond donors (Lipinski definition) is 1. The Morgan fingerprint density at radius 2 is 2.38 bits per heavy atom. The number of carbonyl (C=O) groups is 1. The largest absolute Gasteiger partial charge is 0.383 e. The molecule has 1 aliphatic rings. The van der Waals surface area contributed by atoms with Gasteiger partial charge >= 0.3 is 0 Å². The fourth-order valence-electron chi connectivity index (χ4n) is 2.68. The maximum absolute atomic E-state index is 13.4. The number of thiazole rings is 1. The number of hydrogen-bond acceptors (Lipinski definition) is 5. The highest BCUT2D eigenvalue weighted by Crippen LogP contribution is 2.31. The van der Waals surface area contributed by atoms with Crippen molar-refractivity contribution in [2.45, 2.75) is 13.0 Å². The van der Waals surface area contributed by atoms with Crippen LogP contribution in [0.1, 0.15) is 10.6 Å². The molecule has 0 spiro atoms. The van der Waals surface area contributed by atoms with Gasteiger partial charge in [-0.15, -0.1) is 11.3 Å². The zero-order chi connectivity index (χ0) is 16.9. The molecule has 7 heteroatoms. The van der Waals surface area contributed by atoms with Crippen LogP contribution in [0.4, 0.5) is 4.39 Å². The number of benzene rings is 1. The summed E-state index contributed by atoms with van der Waals surface area (Å²) in [4.78, 5) is 19.8. The molecule has 0 radical (unpaired) electrons. The van der Waals surface area contributed by atoms with Gasteiger partial charge < -0.3 is 10.1 Å². The van der Waals surface area contributed by atoms with E-state index in [9.17, 15) is 9.18 Å². The van der Waals surface area contributed by atoms with Gasteiger partial charge in [0.2, 0.25) is 5.91 Å². The molecule has 1 aromatic heterocycles. The van der Waals surface area contributed by atoms with E-state index >= 15 is 0 Å². The fraction of sp³-hybridized carbons (Fsp3) is 0.412. The van der Waals surface area contributed by atoms with Crippen molar-refractivity contribution < 1.29 is 13.9 Å². The summed E-state index contributed by atoms with van der Waals surface area (Å²) in [5.74, 6) is -0.250. The van der Waals surface area contributed by atoms with Gasteiger partial charge in [-0.2, -0.15) is 0 Å². The lowest BCUT2D eigenvalue weighted by Crippen LogP contribution is -2.40. The summed E-state index contributed by atoms with van der Waals surface area (Å²) in [6, 6.07) is 6.50. The van der Waals surface area contributed by atoms with E-state index in [1.54, 1.807) is 24.5 Å². The molecule has 2 heterocycles. The van der Waals surface area contributed by atoms with Crippen molar-refractivity contribution in [3.8, 4) is 10.6 Å². The van der Waals surface area contributed by atoms with Crippen molar-refractivity contribution in [1.82, 2.24) is 15.2 Å². The number of aromatic nitrogens is 1. The minimum absolute atomic E-state index is 0.00497. The Labute approximate surface area is 144 Å². The molecule has 0 unspecified atom stereocenters. The molecule has 1 aliphatic heterocycles. The van der Waals surface area contributed by atoms with Gasteiger partial charge in [-0.3, -0.25) is 9.69 Å². The predicted octanol–water partition coefficient (Wildman–Crippen LogP) is 2.07. The van der Waals surface area contributed by atoms with E-state index in [2.05, 4.69) is 15.2 Å². The van der Waals surface area contributed by atoms with Crippen molar-refractivity contribution >= 4 is 17.2 Å². The summed E-state index contributed by atoms with van der Waals surface area (Å²) in [5, 5.41) is 3.67. The molecule has 128 valence electrons. The van der Waals surface area contributed by atoms with E-state index in [1.165, 1.54) is 12.1 Å². The summed E-state index contributed by atoms with van der Waals surface area (Å²) in [6.45, 7) is 2.92. The number of carbonyl (C=O) groups excluding carboxylic acids is 1. The topological polar surface area (TPSA) is 54.5 Å². The van der Waals surface area contributed by atoms with Crippen LogP contribution in [-0.4, -0.2) is 49.1 Å². The molecule has 3 rings (SSSR count). The second-order valence-electron chi connectivity index (χ2n) is 5.70. The third-order valence-corrected chi connectivity index (χ3v) is 5.01. The monoisotopic (exact) mass is 349 g/mol. The summed E-state index contributed by atoms with van der Waals surface area (Å²) >= 11 is 1.58. The second kappa shape index (κ2) is 7.83. The molecule has 0 aliphatic carbocycles. The molecule has 1 aromatic carbocycles. The molecule has 0 atom stereocenters. The van der Waals surface area contributed by atoms with E-state index in [1.807, 2.05) is 6.07 Å². The van der Waals surface area contributed by atoms with Crippen molar-refractivity contribution in [3.63, 3.8) is 0 Å². The molecule has 2 aromatic rings. The number of halogens is 1. The van der Waals surface area contributed by atoms with Crippen LogP contribution in [0.5, 0.6) is 0 Å². The highest BCUT2D eigenvalue weighted by Gasteiger charge is 2.22. The number of ether oxygens (including phenoxy) is 1. The standard InChI is InChI=1S/C17H20FN3O2S/c1-23-8-6-19-16(22)11-21-7-5-14-15(10-21)24-17(20-14)12-3-2-4-13(18)9-12/h2-4,9H,5-8,10-11H2,1H3,(H,19,22). The molecule has 5 nitrogen and oxygen atoms in total. The third kappa shape index (κ3) is 4.17. The number of methoxy groups -OCH3 is 1. The van der Waals surface area contributed by atoms with E-state index in [0.717, 1.165) is 34.1 Å². The van der Waals surface area contributed by atoms with Gasteiger partial charge in [-0.1, -0.05) is 12.1 Å². The third-order valence-electron chi connectivity index (χ3n) is 3.88. The van der Waals surface area contributed by atoms with Crippen LogP contribution in [0.15, 0.2) is 24.3 Å². The van der Waals surface area contributed by atoms with Gasteiger partial charge in [0.05, 0.1) is 18.8 Å². The lowest BCUT2D eigenvalue weighted by Gasteiger charge is -2.25. The summed E-state index contributed by atoms with van der Waals surface area (Å²) < 4.78 is 18.3. The van der Waals surface area contributed by atoms with Gasteiger partial charge in [0.15, 0.2) is 0 Å².